The number of nitrogens with zero attached hydrogens (tertiary/aromatic N) is 1. The van der Waals surface area contributed by atoms with E-state index in [4.69, 9.17) is 14.7 Å². The molecule has 2 aromatic carbocycles. The van der Waals surface area contributed by atoms with Crippen LogP contribution in [0.3, 0.4) is 0 Å². The molecule has 0 radical (unpaired) electrons. The number of ether oxygens (including phenoxy) is 2. The van der Waals surface area contributed by atoms with Crippen LogP contribution in [0, 0.1) is 25.2 Å². The highest BCUT2D eigenvalue weighted by Gasteiger charge is 2.26. The van der Waals surface area contributed by atoms with Crippen molar-refractivity contribution in [3.8, 4) is 17.6 Å². The maximum Gasteiger partial charge on any atom is 0.255 e. The van der Waals surface area contributed by atoms with Crippen molar-refractivity contribution in [3.05, 3.63) is 52.6 Å². The van der Waals surface area contributed by atoms with Gasteiger partial charge in [0.05, 0.1) is 20.3 Å². The minimum absolute atomic E-state index is 0.230. The van der Waals surface area contributed by atoms with Crippen LogP contribution in [0.2, 0.25) is 0 Å². The molecular weight excluding hydrogens is 340 g/mol. The van der Waals surface area contributed by atoms with Gasteiger partial charge in [0, 0.05) is 23.1 Å². The Kier molecular flexibility index (Phi) is 6.12. The van der Waals surface area contributed by atoms with E-state index in [0.717, 1.165) is 22.4 Å². The second kappa shape index (κ2) is 8.13. The van der Waals surface area contributed by atoms with Gasteiger partial charge in [0.15, 0.2) is 11.5 Å². The molecular formula is C22H26N2O3. The standard InChI is InChI=1S/C22H26N2O3/c1-14-7-9-17(15(2)20(14)22(3,4)11-12-23)24-21(25)16-8-10-18(26-5)19(13-16)27-6/h7-10,13H,11H2,1-6H3,(H,24,25). The zero-order chi connectivity index (χ0) is 20.2. The van der Waals surface area contributed by atoms with Crippen molar-refractivity contribution in [1.29, 1.82) is 5.26 Å². The number of carbonyl (C=O) groups is 1. The molecule has 2 rings (SSSR count). The van der Waals surface area contributed by atoms with E-state index in [1.54, 1.807) is 25.3 Å². The van der Waals surface area contributed by atoms with Crippen LogP contribution in [0.5, 0.6) is 11.5 Å². The summed E-state index contributed by atoms with van der Waals surface area (Å²) in [5.41, 5.74) is 4.09. The molecule has 0 aliphatic carbocycles. The molecule has 0 unspecified atom stereocenters. The first-order valence-corrected chi connectivity index (χ1v) is 8.76. The second-order valence-corrected chi connectivity index (χ2v) is 7.17. The summed E-state index contributed by atoms with van der Waals surface area (Å²) < 4.78 is 10.5. The van der Waals surface area contributed by atoms with Gasteiger partial charge in [-0.25, -0.2) is 0 Å². The fourth-order valence-electron chi connectivity index (χ4n) is 3.48. The Labute approximate surface area is 160 Å². The lowest BCUT2D eigenvalue weighted by Gasteiger charge is -2.28. The smallest absolute Gasteiger partial charge is 0.255 e. The van der Waals surface area contributed by atoms with Crippen molar-refractivity contribution in [2.45, 2.75) is 39.5 Å². The average Bonchev–Trinajstić information content (AvgIpc) is 2.63. The van der Waals surface area contributed by atoms with Gasteiger partial charge in [0.2, 0.25) is 0 Å². The maximum atomic E-state index is 12.7. The summed E-state index contributed by atoms with van der Waals surface area (Å²) in [7, 11) is 3.09. The number of methoxy groups -OCH3 is 2. The highest BCUT2D eigenvalue weighted by atomic mass is 16.5. The van der Waals surface area contributed by atoms with Gasteiger partial charge in [0.25, 0.3) is 5.91 Å². The van der Waals surface area contributed by atoms with E-state index in [-0.39, 0.29) is 11.3 Å². The number of hydrogen-bond donors (Lipinski definition) is 1. The third-order valence-corrected chi connectivity index (χ3v) is 4.77. The molecule has 0 heterocycles. The summed E-state index contributed by atoms with van der Waals surface area (Å²) in [4.78, 5) is 12.7. The number of rotatable bonds is 6. The molecule has 0 saturated heterocycles. The van der Waals surface area contributed by atoms with Gasteiger partial charge in [-0.15, -0.1) is 0 Å². The van der Waals surface area contributed by atoms with Crippen LogP contribution in [0.25, 0.3) is 0 Å². The van der Waals surface area contributed by atoms with Crippen LogP contribution in [0.15, 0.2) is 30.3 Å². The molecule has 0 fully saturated rings. The van der Waals surface area contributed by atoms with Gasteiger partial charge < -0.3 is 14.8 Å². The minimum Gasteiger partial charge on any atom is -0.493 e. The molecule has 0 spiro atoms. The number of amides is 1. The van der Waals surface area contributed by atoms with Gasteiger partial charge in [-0.3, -0.25) is 4.79 Å². The Bertz CT molecular complexity index is 895. The number of anilines is 1. The lowest BCUT2D eigenvalue weighted by atomic mass is 9.77. The summed E-state index contributed by atoms with van der Waals surface area (Å²) in [5.74, 6) is 0.842. The predicted molar refractivity (Wildman–Crippen MR) is 107 cm³/mol. The number of nitrogens with one attached hydrogen (secondary N) is 1. The van der Waals surface area contributed by atoms with Crippen molar-refractivity contribution < 1.29 is 14.3 Å². The van der Waals surface area contributed by atoms with Crippen molar-refractivity contribution in [1.82, 2.24) is 0 Å². The van der Waals surface area contributed by atoms with E-state index in [9.17, 15) is 4.79 Å². The van der Waals surface area contributed by atoms with Crippen LogP contribution >= 0.6 is 0 Å². The van der Waals surface area contributed by atoms with Crippen molar-refractivity contribution in [3.63, 3.8) is 0 Å². The molecule has 0 saturated carbocycles. The van der Waals surface area contributed by atoms with E-state index < -0.39 is 0 Å². The topological polar surface area (TPSA) is 71.3 Å². The van der Waals surface area contributed by atoms with Crippen LogP contribution in [-0.4, -0.2) is 20.1 Å². The number of aryl methyl sites for hydroxylation is 1. The molecule has 2 aromatic rings. The lowest BCUT2D eigenvalue weighted by Crippen LogP contribution is -2.21. The van der Waals surface area contributed by atoms with E-state index in [1.165, 1.54) is 7.11 Å². The highest BCUT2D eigenvalue weighted by molar-refractivity contribution is 6.05. The first-order valence-electron chi connectivity index (χ1n) is 8.76. The number of nitriles is 1. The predicted octanol–water partition coefficient (Wildman–Crippen LogP) is 4.76. The average molecular weight is 366 g/mol. The Morgan fingerprint density at radius 2 is 1.78 bits per heavy atom. The molecule has 142 valence electrons. The Hall–Kier alpha value is -3.00. The molecule has 1 N–H and O–H groups in total. The summed E-state index contributed by atoms with van der Waals surface area (Å²) in [5, 5.41) is 12.1. The van der Waals surface area contributed by atoms with Gasteiger partial charge in [-0.05, 0) is 54.8 Å². The monoisotopic (exact) mass is 366 g/mol. The van der Waals surface area contributed by atoms with Crippen molar-refractivity contribution in [2.75, 3.05) is 19.5 Å². The number of carbonyl (C=O) groups excluding carboxylic acids is 1. The summed E-state index contributed by atoms with van der Waals surface area (Å²) in [6, 6.07) is 11.2. The molecule has 0 aliphatic rings. The first kappa shape index (κ1) is 20.3. The van der Waals surface area contributed by atoms with Gasteiger partial charge in [-0.2, -0.15) is 5.26 Å². The number of hydrogen-bond acceptors (Lipinski definition) is 4. The van der Waals surface area contributed by atoms with Gasteiger partial charge in [-0.1, -0.05) is 19.9 Å². The van der Waals surface area contributed by atoms with Crippen LogP contribution in [-0.2, 0) is 5.41 Å². The molecule has 27 heavy (non-hydrogen) atoms. The molecule has 5 heteroatoms. The van der Waals surface area contributed by atoms with Gasteiger partial charge >= 0.3 is 0 Å². The van der Waals surface area contributed by atoms with Crippen LogP contribution in [0.1, 0.15) is 47.3 Å². The lowest BCUT2D eigenvalue weighted by molar-refractivity contribution is 0.102. The number of benzene rings is 2. The van der Waals surface area contributed by atoms with Gasteiger partial charge in [0.1, 0.15) is 0 Å². The van der Waals surface area contributed by atoms with E-state index in [1.807, 2.05) is 39.8 Å². The van der Waals surface area contributed by atoms with E-state index >= 15 is 0 Å². The zero-order valence-corrected chi connectivity index (χ0v) is 16.8. The maximum absolute atomic E-state index is 12.7. The summed E-state index contributed by atoms with van der Waals surface area (Å²) in [6.45, 7) is 8.10. The molecule has 0 aromatic heterocycles. The second-order valence-electron chi connectivity index (χ2n) is 7.17. The van der Waals surface area contributed by atoms with Crippen LogP contribution < -0.4 is 14.8 Å². The molecule has 0 aliphatic heterocycles. The van der Waals surface area contributed by atoms with E-state index in [2.05, 4.69) is 11.4 Å². The quantitative estimate of drug-likeness (QED) is 0.800. The van der Waals surface area contributed by atoms with Crippen molar-refractivity contribution >= 4 is 11.6 Å². The Balaban J connectivity index is 2.38. The fraction of sp³-hybridized carbons (Fsp3) is 0.364. The SMILES string of the molecule is COc1ccc(C(=O)Nc2ccc(C)c(C(C)(C)CC#N)c2C)cc1OC. The first-order chi connectivity index (χ1) is 12.7. The molecule has 1 amide bonds. The fourth-order valence-corrected chi connectivity index (χ4v) is 3.48. The third kappa shape index (κ3) is 4.22. The summed E-state index contributed by atoms with van der Waals surface area (Å²) in [6.07, 6.45) is 0.405. The molecule has 5 nitrogen and oxygen atoms in total. The zero-order valence-electron chi connectivity index (χ0n) is 16.8. The Morgan fingerprint density at radius 1 is 1.11 bits per heavy atom. The highest BCUT2D eigenvalue weighted by Crippen LogP contribution is 2.35. The molecule has 0 bridgehead atoms. The van der Waals surface area contributed by atoms with E-state index in [0.29, 0.717) is 23.5 Å². The third-order valence-electron chi connectivity index (χ3n) is 4.77. The minimum atomic E-state index is -0.299. The normalized spacial score (nSPS) is 10.9. The van der Waals surface area contributed by atoms with Crippen molar-refractivity contribution in [2.24, 2.45) is 0 Å². The largest absolute Gasteiger partial charge is 0.493 e. The summed E-state index contributed by atoms with van der Waals surface area (Å²) >= 11 is 0. The Morgan fingerprint density at radius 3 is 2.37 bits per heavy atom. The molecule has 0 atom stereocenters. The van der Waals surface area contributed by atoms with Crippen LogP contribution in [0.4, 0.5) is 5.69 Å².